The van der Waals surface area contributed by atoms with E-state index in [4.69, 9.17) is 33.2 Å². The summed E-state index contributed by atoms with van der Waals surface area (Å²) in [6.07, 6.45) is 0.141. The Kier molecular flexibility index (Phi) is 5.67. The minimum absolute atomic E-state index is 0.0126. The highest BCUT2D eigenvalue weighted by atomic mass is 35.5. The highest BCUT2D eigenvalue weighted by Crippen LogP contribution is 2.40. The monoisotopic (exact) mass is 449 g/mol. The van der Waals surface area contributed by atoms with E-state index in [1.54, 1.807) is 12.1 Å². The van der Waals surface area contributed by atoms with Crippen LogP contribution in [-0.4, -0.2) is 11.2 Å². The van der Waals surface area contributed by atoms with Crippen LogP contribution in [0.25, 0.3) is 0 Å². The van der Waals surface area contributed by atoms with E-state index in [9.17, 15) is 13.2 Å². The van der Waals surface area contributed by atoms with Gasteiger partial charge in [0.05, 0.1) is 27.3 Å². The molecule has 4 rings (SSSR count). The summed E-state index contributed by atoms with van der Waals surface area (Å²) in [4.78, 5) is 4.05. The van der Waals surface area contributed by atoms with Gasteiger partial charge in [0, 0.05) is 6.20 Å². The van der Waals surface area contributed by atoms with Crippen LogP contribution in [0.2, 0.25) is 10.0 Å². The maximum absolute atomic E-state index is 14.6. The molecule has 0 bridgehead atoms. The van der Waals surface area contributed by atoms with E-state index in [2.05, 4.69) is 10.3 Å². The van der Waals surface area contributed by atoms with Gasteiger partial charge in [0.25, 0.3) is 0 Å². The van der Waals surface area contributed by atoms with Gasteiger partial charge >= 0.3 is 0 Å². The van der Waals surface area contributed by atoms with Gasteiger partial charge in [0.1, 0.15) is 35.9 Å². The number of halogens is 5. The van der Waals surface area contributed by atoms with Gasteiger partial charge in [-0.25, -0.2) is 13.2 Å². The van der Waals surface area contributed by atoms with E-state index < -0.39 is 35.8 Å². The molecule has 9 heteroatoms. The van der Waals surface area contributed by atoms with Gasteiger partial charge in [0.2, 0.25) is 0 Å². The quantitative estimate of drug-likeness (QED) is 0.525. The van der Waals surface area contributed by atoms with Crippen molar-refractivity contribution in [2.45, 2.75) is 18.4 Å². The molecule has 1 N–H and O–H groups in total. The molecule has 1 aliphatic heterocycles. The number of benzene rings is 2. The van der Waals surface area contributed by atoms with Crippen LogP contribution in [0.4, 0.5) is 13.2 Å². The Labute approximate surface area is 179 Å². The predicted molar refractivity (Wildman–Crippen MR) is 104 cm³/mol. The maximum atomic E-state index is 14.6. The van der Waals surface area contributed by atoms with Crippen molar-refractivity contribution in [2.75, 3.05) is 0 Å². The van der Waals surface area contributed by atoms with Gasteiger partial charge in [-0.1, -0.05) is 35.3 Å². The number of pyridine rings is 1. The fourth-order valence-electron chi connectivity index (χ4n) is 3.12. The summed E-state index contributed by atoms with van der Waals surface area (Å²) in [5.74, 6) is -2.01. The minimum Gasteiger partial charge on any atom is -0.348 e. The summed E-state index contributed by atoms with van der Waals surface area (Å²) in [5, 5.41) is 12.0. The van der Waals surface area contributed by atoms with Gasteiger partial charge in [-0.15, -0.1) is 0 Å². The van der Waals surface area contributed by atoms with Gasteiger partial charge in [-0.3, -0.25) is 10.3 Å². The predicted octanol–water partition coefficient (Wildman–Crippen LogP) is 5.45. The lowest BCUT2D eigenvalue weighted by Gasteiger charge is -2.19. The van der Waals surface area contributed by atoms with Crippen molar-refractivity contribution in [1.29, 1.82) is 5.26 Å². The van der Waals surface area contributed by atoms with Crippen LogP contribution in [0.3, 0.4) is 0 Å². The topological polar surface area (TPSA) is 61.2 Å². The lowest BCUT2D eigenvalue weighted by atomic mass is 10.0. The van der Waals surface area contributed by atoms with Crippen LogP contribution in [0.5, 0.6) is 0 Å². The summed E-state index contributed by atoms with van der Waals surface area (Å²) in [6, 6.07) is 10.2. The van der Waals surface area contributed by atoms with E-state index in [0.717, 1.165) is 6.07 Å². The fraction of sp³-hybridized carbons (Fsp3) is 0.143. The van der Waals surface area contributed by atoms with Gasteiger partial charge < -0.3 is 4.74 Å². The Morgan fingerprint density at radius 3 is 2.50 bits per heavy atom. The Balaban J connectivity index is 1.63. The fourth-order valence-corrected chi connectivity index (χ4v) is 3.38. The first-order chi connectivity index (χ1) is 14.4. The average Bonchev–Trinajstić information content (AvgIpc) is 3.48. The van der Waals surface area contributed by atoms with Crippen molar-refractivity contribution in [1.82, 2.24) is 10.3 Å². The molecule has 2 heterocycles. The number of nitrogens with one attached hydrogen (secondary N) is 1. The highest BCUT2D eigenvalue weighted by molar-refractivity contribution is 6.30. The molecule has 1 fully saturated rings. The first-order valence-electron chi connectivity index (χ1n) is 8.74. The second-order valence-electron chi connectivity index (χ2n) is 6.62. The number of aromatic nitrogens is 1. The summed E-state index contributed by atoms with van der Waals surface area (Å²) < 4.78 is 48.1. The summed E-state index contributed by atoms with van der Waals surface area (Å²) in [6.45, 7) is 0. The van der Waals surface area contributed by atoms with Gasteiger partial charge in [0.15, 0.2) is 0 Å². The lowest BCUT2D eigenvalue weighted by molar-refractivity contribution is 0.333. The molecule has 1 aliphatic rings. The van der Waals surface area contributed by atoms with Crippen molar-refractivity contribution in [3.63, 3.8) is 0 Å². The van der Waals surface area contributed by atoms with Crippen LogP contribution in [0.15, 0.2) is 48.7 Å². The summed E-state index contributed by atoms with van der Waals surface area (Å²) in [5.41, 5.74) is 0.785. The Hall–Kier alpha value is -2.63. The smallest absolute Gasteiger partial charge is 0.148 e. The number of epoxide rings is 1. The third kappa shape index (κ3) is 4.13. The van der Waals surface area contributed by atoms with E-state index >= 15 is 0 Å². The first-order valence-corrected chi connectivity index (χ1v) is 9.50. The standard InChI is InChI=1S/C21H12Cl2F3N3O/c22-13-7-17(26)19(28-9-13)18(10-3-4-14(23)16(25)5-10)29-21-20(30-21)11-1-2-12(8-27)15(24)6-11/h1-7,9,18,20-21,29H/t18-,20?,21?/m0/s1. The van der Waals surface area contributed by atoms with Crippen molar-refractivity contribution in [2.24, 2.45) is 0 Å². The summed E-state index contributed by atoms with van der Waals surface area (Å²) in [7, 11) is 0. The number of hydrogen-bond donors (Lipinski definition) is 1. The molecule has 30 heavy (non-hydrogen) atoms. The molecule has 0 spiro atoms. The van der Waals surface area contributed by atoms with Crippen molar-refractivity contribution in [3.8, 4) is 6.07 Å². The zero-order valence-corrected chi connectivity index (χ0v) is 16.6. The number of nitriles is 1. The zero-order valence-electron chi connectivity index (χ0n) is 15.0. The van der Waals surface area contributed by atoms with Crippen LogP contribution in [0, 0.1) is 28.8 Å². The summed E-state index contributed by atoms with van der Waals surface area (Å²) >= 11 is 11.5. The average molecular weight is 450 g/mol. The van der Waals surface area contributed by atoms with Crippen molar-refractivity contribution < 1.29 is 17.9 Å². The third-order valence-electron chi connectivity index (χ3n) is 4.65. The number of nitrogens with zero attached hydrogens (tertiary/aromatic N) is 2. The van der Waals surface area contributed by atoms with Gasteiger partial charge in [-0.05, 0) is 41.5 Å². The molecule has 3 atom stereocenters. The highest BCUT2D eigenvalue weighted by Gasteiger charge is 2.43. The maximum Gasteiger partial charge on any atom is 0.148 e. The number of ether oxygens (including phenoxy) is 1. The van der Waals surface area contributed by atoms with Crippen LogP contribution >= 0.6 is 23.2 Å². The largest absolute Gasteiger partial charge is 0.348 e. The Morgan fingerprint density at radius 1 is 1.03 bits per heavy atom. The van der Waals surface area contributed by atoms with Crippen molar-refractivity contribution >= 4 is 23.2 Å². The minimum atomic E-state index is -0.882. The van der Waals surface area contributed by atoms with Crippen molar-refractivity contribution in [3.05, 3.63) is 98.5 Å². The molecular formula is C21H12Cl2F3N3O. The molecule has 0 saturated carbocycles. The van der Waals surface area contributed by atoms with Gasteiger partial charge in [-0.2, -0.15) is 5.26 Å². The molecule has 3 aromatic rings. The molecule has 152 valence electrons. The zero-order chi connectivity index (χ0) is 21.4. The van der Waals surface area contributed by atoms with E-state index in [0.29, 0.717) is 11.1 Å². The van der Waals surface area contributed by atoms with E-state index in [1.807, 2.05) is 0 Å². The second-order valence-corrected chi connectivity index (χ2v) is 7.47. The molecule has 4 nitrogen and oxygen atoms in total. The molecular weight excluding hydrogens is 438 g/mol. The third-order valence-corrected chi connectivity index (χ3v) is 5.16. The lowest BCUT2D eigenvalue weighted by Crippen LogP contribution is -2.27. The Bertz CT molecular complexity index is 1170. The van der Waals surface area contributed by atoms with E-state index in [-0.39, 0.29) is 21.3 Å². The molecule has 2 aromatic carbocycles. The second kappa shape index (κ2) is 8.25. The SMILES string of the molecule is N#Cc1ccc(C2OC2N[C@@H](c2ccc(Cl)c(F)c2)c2ncc(Cl)cc2F)cc1F. The van der Waals surface area contributed by atoms with E-state index in [1.165, 1.54) is 36.5 Å². The molecule has 0 amide bonds. The Morgan fingerprint density at radius 2 is 1.83 bits per heavy atom. The molecule has 1 aromatic heterocycles. The first kappa shape index (κ1) is 20.6. The van der Waals surface area contributed by atoms with Crippen LogP contribution in [-0.2, 0) is 4.74 Å². The number of hydrogen-bond acceptors (Lipinski definition) is 4. The molecule has 2 unspecified atom stereocenters. The normalized spacial score (nSPS) is 18.7. The number of rotatable bonds is 5. The van der Waals surface area contributed by atoms with Crippen LogP contribution < -0.4 is 5.32 Å². The molecule has 1 saturated heterocycles. The molecule has 0 aliphatic carbocycles. The molecule has 0 radical (unpaired) electrons. The van der Waals surface area contributed by atoms with Crippen LogP contribution in [0.1, 0.15) is 34.5 Å².